The number of aryl methyl sites for hydroxylation is 1. The number of ether oxygens (including phenoxy) is 1. The topological polar surface area (TPSA) is 99.3 Å². The maximum atomic E-state index is 16.4. The molecule has 0 saturated carbocycles. The van der Waals surface area contributed by atoms with Gasteiger partial charge in [-0.1, -0.05) is 24.3 Å². The van der Waals surface area contributed by atoms with Crippen LogP contribution in [0.4, 0.5) is 14.6 Å². The van der Waals surface area contributed by atoms with Crippen molar-refractivity contribution in [1.82, 2.24) is 24.8 Å². The van der Waals surface area contributed by atoms with Crippen molar-refractivity contribution in [2.24, 2.45) is 0 Å². The number of aromatic hydroxyl groups is 1. The van der Waals surface area contributed by atoms with Crippen molar-refractivity contribution in [3.05, 3.63) is 89.0 Å². The first kappa shape index (κ1) is 31.8. The highest BCUT2D eigenvalue weighted by atomic mass is 19.1. The SMILES string of the molecule is [C-]#[N+]C[C@H]1CN(c2nc(OC[C@@H]3CCCN3C)nc3c(F)c(-c4c(C)cccc4O)ccc23)CCN1C(=O)/C(F)=C/c1ccccn1. The van der Waals surface area contributed by atoms with Crippen molar-refractivity contribution in [2.75, 3.05) is 51.3 Å². The molecule has 242 valence electrons. The first-order valence-electron chi connectivity index (χ1n) is 15.5. The second kappa shape index (κ2) is 13.7. The fourth-order valence-electron chi connectivity index (χ4n) is 6.35. The number of piperazine rings is 1. The zero-order chi connectivity index (χ0) is 33.1. The van der Waals surface area contributed by atoms with E-state index in [4.69, 9.17) is 16.3 Å². The van der Waals surface area contributed by atoms with E-state index in [9.17, 15) is 9.90 Å². The van der Waals surface area contributed by atoms with Gasteiger partial charge in [0, 0.05) is 54.5 Å². The van der Waals surface area contributed by atoms with E-state index in [-0.39, 0.29) is 55.1 Å². The molecule has 2 saturated heterocycles. The fourth-order valence-corrected chi connectivity index (χ4v) is 6.35. The molecule has 2 aromatic heterocycles. The molecular formula is C35H35F2N7O3. The number of likely N-dealkylation sites (tertiary alicyclic amines) is 1. The molecule has 0 spiro atoms. The normalized spacial score (nSPS) is 18.8. The number of hydrogen-bond acceptors (Lipinski definition) is 8. The molecule has 1 N–H and O–H groups in total. The predicted molar refractivity (Wildman–Crippen MR) is 175 cm³/mol. The van der Waals surface area contributed by atoms with E-state index < -0.39 is 23.6 Å². The molecule has 6 rings (SSSR count). The van der Waals surface area contributed by atoms with E-state index in [1.54, 1.807) is 49.4 Å². The number of rotatable bonds is 8. The molecule has 2 aliphatic heterocycles. The van der Waals surface area contributed by atoms with Crippen LogP contribution >= 0.6 is 0 Å². The number of aromatic nitrogens is 3. The van der Waals surface area contributed by atoms with E-state index >= 15 is 8.78 Å². The van der Waals surface area contributed by atoms with E-state index in [1.807, 2.05) is 11.9 Å². The van der Waals surface area contributed by atoms with Gasteiger partial charge in [0.2, 0.25) is 6.54 Å². The molecule has 12 heteroatoms. The summed E-state index contributed by atoms with van der Waals surface area (Å²) >= 11 is 0. The number of pyridine rings is 1. The van der Waals surface area contributed by atoms with Crippen LogP contribution in [-0.2, 0) is 4.79 Å². The summed E-state index contributed by atoms with van der Waals surface area (Å²) in [5.41, 5.74) is 1.59. The molecule has 47 heavy (non-hydrogen) atoms. The van der Waals surface area contributed by atoms with Crippen LogP contribution < -0.4 is 9.64 Å². The largest absolute Gasteiger partial charge is 0.507 e. The number of likely N-dealkylation sites (N-methyl/N-ethyl adjacent to an activating group) is 1. The third-order valence-electron chi connectivity index (χ3n) is 8.87. The summed E-state index contributed by atoms with van der Waals surface area (Å²) in [7, 11) is 2.03. The zero-order valence-electron chi connectivity index (χ0n) is 26.2. The maximum absolute atomic E-state index is 16.4. The van der Waals surface area contributed by atoms with E-state index in [0.717, 1.165) is 25.5 Å². The van der Waals surface area contributed by atoms with Gasteiger partial charge in [-0.25, -0.2) is 15.4 Å². The molecule has 10 nitrogen and oxygen atoms in total. The molecule has 0 bridgehead atoms. The average Bonchev–Trinajstić information content (AvgIpc) is 3.49. The molecule has 4 aromatic rings. The molecule has 4 heterocycles. The van der Waals surface area contributed by atoms with E-state index in [2.05, 4.69) is 19.7 Å². The van der Waals surface area contributed by atoms with Gasteiger partial charge >= 0.3 is 6.01 Å². The molecule has 2 fully saturated rings. The summed E-state index contributed by atoms with van der Waals surface area (Å²) in [6.45, 7) is 11.1. The number of nitrogens with zero attached hydrogens (tertiary/aromatic N) is 7. The minimum Gasteiger partial charge on any atom is -0.507 e. The highest BCUT2D eigenvalue weighted by Gasteiger charge is 2.36. The monoisotopic (exact) mass is 639 g/mol. The van der Waals surface area contributed by atoms with Crippen molar-refractivity contribution in [1.29, 1.82) is 0 Å². The fraction of sp³-hybridized carbons (Fsp3) is 0.343. The van der Waals surface area contributed by atoms with Gasteiger partial charge in [0.15, 0.2) is 11.6 Å². The number of halogens is 2. The Morgan fingerprint density at radius 1 is 1.13 bits per heavy atom. The summed E-state index contributed by atoms with van der Waals surface area (Å²) in [6, 6.07) is 12.8. The minimum atomic E-state index is -0.971. The number of benzene rings is 2. The first-order chi connectivity index (χ1) is 22.7. The standard InChI is InChI=1S/C35H35F2N7O3/c1-22-8-6-11-29(45)30(22)26-12-13-27-32(31(26)37)40-35(47-21-24-10-7-15-42(24)3)41-33(27)43-16-17-44(25(20-43)19-38-2)34(46)28(36)18-23-9-4-5-14-39-23/h4-6,8-9,11-14,18,24-25,45H,7,10,15-17,19-21H2,1,3H3/b28-18-/t24-,25-/m0/s1. The smallest absolute Gasteiger partial charge is 0.319 e. The maximum Gasteiger partial charge on any atom is 0.319 e. The molecule has 2 atom stereocenters. The van der Waals surface area contributed by atoms with Gasteiger partial charge in [0.1, 0.15) is 29.7 Å². The molecule has 1 amide bonds. The number of anilines is 1. The minimum absolute atomic E-state index is 0.00225. The van der Waals surface area contributed by atoms with Crippen molar-refractivity contribution >= 4 is 28.7 Å². The van der Waals surface area contributed by atoms with Crippen molar-refractivity contribution in [3.8, 4) is 22.9 Å². The Labute approximate surface area is 271 Å². The second-order valence-electron chi connectivity index (χ2n) is 11.9. The highest BCUT2D eigenvalue weighted by Crippen LogP contribution is 2.39. The van der Waals surface area contributed by atoms with Crippen molar-refractivity contribution < 1.29 is 23.4 Å². The van der Waals surface area contributed by atoms with Gasteiger partial charge in [-0.2, -0.15) is 9.97 Å². The van der Waals surface area contributed by atoms with Gasteiger partial charge < -0.3 is 29.4 Å². The Morgan fingerprint density at radius 2 is 1.98 bits per heavy atom. The van der Waals surface area contributed by atoms with E-state index in [1.165, 1.54) is 17.2 Å². The predicted octanol–water partition coefficient (Wildman–Crippen LogP) is 5.27. The van der Waals surface area contributed by atoms with Gasteiger partial charge in [0.05, 0.1) is 5.69 Å². The summed E-state index contributed by atoms with van der Waals surface area (Å²) in [4.78, 5) is 35.5. The van der Waals surface area contributed by atoms with Crippen LogP contribution in [0.15, 0.2) is 60.6 Å². The Bertz CT molecular complexity index is 1840. The van der Waals surface area contributed by atoms with Crippen LogP contribution in [0.5, 0.6) is 11.8 Å². The van der Waals surface area contributed by atoms with E-state index in [0.29, 0.717) is 34.6 Å². The van der Waals surface area contributed by atoms with Gasteiger partial charge in [-0.05, 0) is 63.2 Å². The summed E-state index contributed by atoms with van der Waals surface area (Å²) in [5, 5.41) is 11.0. The lowest BCUT2D eigenvalue weighted by molar-refractivity contribution is -0.130. The third kappa shape index (κ3) is 6.57. The highest BCUT2D eigenvalue weighted by molar-refractivity contribution is 5.97. The Balaban J connectivity index is 1.36. The summed E-state index contributed by atoms with van der Waals surface area (Å²) in [5.74, 6) is -2.09. The Kier molecular flexibility index (Phi) is 9.26. The zero-order valence-corrected chi connectivity index (χ0v) is 26.2. The van der Waals surface area contributed by atoms with Crippen LogP contribution in [0.1, 0.15) is 24.1 Å². The molecule has 2 aromatic carbocycles. The van der Waals surface area contributed by atoms with Crippen molar-refractivity contribution in [2.45, 2.75) is 31.8 Å². The Hall–Kier alpha value is -5.15. The molecule has 2 aliphatic rings. The lowest BCUT2D eigenvalue weighted by Crippen LogP contribution is -2.56. The lowest BCUT2D eigenvalue weighted by atomic mass is 9.97. The van der Waals surface area contributed by atoms with Crippen LogP contribution in [0, 0.1) is 19.3 Å². The lowest BCUT2D eigenvalue weighted by Gasteiger charge is -2.39. The van der Waals surface area contributed by atoms with Crippen LogP contribution in [0.2, 0.25) is 0 Å². The number of carbonyl (C=O) groups is 1. The third-order valence-corrected chi connectivity index (χ3v) is 8.87. The number of carbonyl (C=O) groups excluding carboxylic acids is 1. The number of hydrogen-bond donors (Lipinski definition) is 1. The van der Waals surface area contributed by atoms with Crippen LogP contribution in [-0.4, -0.2) is 94.2 Å². The molecular weight excluding hydrogens is 604 g/mol. The summed E-state index contributed by atoms with van der Waals surface area (Å²) in [6.07, 6.45) is 4.60. The average molecular weight is 640 g/mol. The number of amides is 1. The second-order valence-corrected chi connectivity index (χ2v) is 11.9. The van der Waals surface area contributed by atoms with Crippen LogP contribution in [0.3, 0.4) is 0 Å². The Morgan fingerprint density at radius 3 is 2.70 bits per heavy atom. The number of fused-ring (bicyclic) bond motifs is 1. The summed E-state index contributed by atoms with van der Waals surface area (Å²) < 4.78 is 37.7. The first-order valence-corrected chi connectivity index (χ1v) is 15.5. The number of phenols is 1. The molecule has 0 unspecified atom stereocenters. The molecule has 0 aliphatic carbocycles. The van der Waals surface area contributed by atoms with Crippen LogP contribution in [0.25, 0.3) is 33.0 Å². The van der Waals surface area contributed by atoms with Gasteiger partial charge in [0.25, 0.3) is 5.91 Å². The number of phenolic OH excluding ortho intramolecular Hbond substituents is 1. The van der Waals surface area contributed by atoms with Gasteiger partial charge in [-0.15, -0.1) is 0 Å². The van der Waals surface area contributed by atoms with Gasteiger partial charge in [-0.3, -0.25) is 9.78 Å². The van der Waals surface area contributed by atoms with Crippen molar-refractivity contribution in [3.63, 3.8) is 0 Å². The quantitative estimate of drug-likeness (QED) is 0.206. The molecule has 0 radical (unpaired) electrons.